The van der Waals surface area contributed by atoms with Crippen LogP contribution in [0.5, 0.6) is 17.2 Å². The van der Waals surface area contributed by atoms with Gasteiger partial charge in [0.05, 0.1) is 6.07 Å². The van der Waals surface area contributed by atoms with Crippen molar-refractivity contribution in [2.24, 2.45) is 0 Å². The lowest BCUT2D eigenvalue weighted by molar-refractivity contribution is 0.112. The summed E-state index contributed by atoms with van der Waals surface area (Å²) in [6.45, 7) is 37.2. The average molecular weight is 1150 g/mol. The Morgan fingerprint density at radius 3 is 1.40 bits per heavy atom. The van der Waals surface area contributed by atoms with Crippen LogP contribution in [0.15, 0.2) is 174 Å². The number of aromatic hydroxyl groups is 3. The second kappa shape index (κ2) is 33.1. The van der Waals surface area contributed by atoms with Gasteiger partial charge in [-0.3, -0.25) is 4.79 Å². The van der Waals surface area contributed by atoms with Gasteiger partial charge in [0.25, 0.3) is 0 Å². The third kappa shape index (κ3) is 17.3. The second-order valence-corrected chi connectivity index (χ2v) is 20.9. The first kappa shape index (κ1) is 67.3. The molecule has 0 spiro atoms. The largest absolute Gasteiger partial charge is 0.508 e. The molecule has 7 aromatic carbocycles. The van der Waals surface area contributed by atoms with Gasteiger partial charge in [-0.15, -0.1) is 0 Å². The molecule has 2 aliphatic rings. The van der Waals surface area contributed by atoms with Crippen LogP contribution in [0.25, 0.3) is 33.4 Å². The highest BCUT2D eigenvalue weighted by molar-refractivity contribution is 6.02. The second-order valence-electron chi connectivity index (χ2n) is 20.9. The molecular weight excluding hydrogens is 1050 g/mol. The summed E-state index contributed by atoms with van der Waals surface area (Å²) in [5, 5.41) is 33.1. The molecule has 0 radical (unpaired) electrons. The fourth-order valence-electron chi connectivity index (χ4n) is 10.9. The number of hydrogen-bond acceptors (Lipinski definition) is 9. The molecule has 7 aromatic rings. The number of benzene rings is 8. The van der Waals surface area contributed by atoms with Gasteiger partial charge in [0.1, 0.15) is 48.0 Å². The lowest BCUT2D eigenvalue weighted by atomic mass is 9.83. The highest BCUT2D eigenvalue weighted by Gasteiger charge is 2.25. The van der Waals surface area contributed by atoms with E-state index >= 15 is 0 Å². The number of aryl methyl sites for hydroxylation is 3. The standard InChI is InChI=1S/C28H36N2O2.C28H33N2O.C11H15NO.C7H8O.CH4/c1-6-29(7-2)22-13-11-21(12-14-22)28(24-16-10-20(5)18-26(24)31)25-17-15-23(19-27(25)32)30(8-3)9-4;1-6-29(7-2)22-13-11-21(12-14-22)28-24-16-10-20(5)18-26(24)31-27-19-23(15-17-25(27)28)30(8-3)9-4;1-3-12(4-2)11-7-5-10(9-13)6-8-11;1-6-3-2-4-7(8)5-6;/h10-19,28,31-32H,6-9H2,1-5H3;10-19H,6-9H2,1-5H3;5-9H,3-4H2,1-2H3;2-5,8H,1H3;1H4/q;+1;;;. The molecule has 1 aliphatic heterocycles. The molecule has 0 saturated heterocycles. The third-order valence-electron chi connectivity index (χ3n) is 15.7. The molecule has 0 fully saturated rings. The summed E-state index contributed by atoms with van der Waals surface area (Å²) < 4.78 is 8.79. The minimum atomic E-state index is -0.271. The number of anilines is 4. The van der Waals surface area contributed by atoms with Gasteiger partial charge >= 0.3 is 0 Å². The number of rotatable bonds is 19. The van der Waals surface area contributed by atoms with Crippen LogP contribution in [-0.2, 0) is 0 Å². The minimum absolute atomic E-state index is 0. The molecule has 450 valence electrons. The highest BCUT2D eigenvalue weighted by atomic mass is 16.3. The van der Waals surface area contributed by atoms with Crippen LogP contribution >= 0.6 is 0 Å². The van der Waals surface area contributed by atoms with Gasteiger partial charge in [0.2, 0.25) is 5.36 Å². The summed E-state index contributed by atoms with van der Waals surface area (Å²) in [5.41, 5.74) is 15.8. The molecule has 1 aliphatic carbocycles. The van der Waals surface area contributed by atoms with E-state index in [4.69, 9.17) is 9.52 Å². The van der Waals surface area contributed by atoms with Crippen LogP contribution in [0.3, 0.4) is 0 Å². The number of phenolic OH excluding ortho intramolecular Hbond substituents is 3. The van der Waals surface area contributed by atoms with Gasteiger partial charge < -0.3 is 39.3 Å². The molecule has 1 unspecified atom stereocenters. The molecule has 3 N–H and O–H groups in total. The van der Waals surface area contributed by atoms with Crippen molar-refractivity contribution in [1.82, 2.24) is 4.58 Å². The van der Waals surface area contributed by atoms with E-state index in [0.29, 0.717) is 5.75 Å². The predicted molar refractivity (Wildman–Crippen MR) is 363 cm³/mol. The molecule has 0 aromatic heterocycles. The normalized spacial score (nSPS) is 10.9. The first-order valence-electron chi connectivity index (χ1n) is 30.3. The van der Waals surface area contributed by atoms with Crippen LogP contribution in [0.4, 0.5) is 22.7 Å². The van der Waals surface area contributed by atoms with Crippen molar-refractivity contribution in [3.05, 3.63) is 214 Å². The Kier molecular flexibility index (Phi) is 26.2. The summed E-state index contributed by atoms with van der Waals surface area (Å²) >= 11 is 0. The van der Waals surface area contributed by atoms with E-state index in [9.17, 15) is 15.0 Å². The van der Waals surface area contributed by atoms with E-state index in [2.05, 4.69) is 191 Å². The SMILES string of the molecule is C.CCN(CC)c1ccc(-c2c3ccc(=[N+](CC)CC)cc-3oc3cc(C)ccc23)cc1.CCN(CC)c1ccc(C(c2ccc(C)cc2O)c2ccc(N(CC)CC)cc2O)cc1.CCN(CC)c1ccc(C=O)cc1.Cc1cccc(O)c1. The summed E-state index contributed by atoms with van der Waals surface area (Å²) in [6.07, 6.45) is 0.867. The smallest absolute Gasteiger partial charge is 0.203 e. The number of aldehydes is 1. The minimum Gasteiger partial charge on any atom is -0.508 e. The van der Waals surface area contributed by atoms with Gasteiger partial charge in [0.15, 0.2) is 0 Å². The quantitative estimate of drug-likeness (QED) is 0.0316. The van der Waals surface area contributed by atoms with E-state index in [1.165, 1.54) is 39.1 Å². The Labute approximate surface area is 508 Å². The van der Waals surface area contributed by atoms with Crippen LogP contribution in [0.2, 0.25) is 0 Å². The molecule has 1 atom stereocenters. The Bertz CT molecular complexity index is 3500. The number of nitrogens with zero attached hydrogens (tertiary/aromatic N) is 5. The van der Waals surface area contributed by atoms with Crippen molar-refractivity contribution in [1.29, 1.82) is 0 Å². The van der Waals surface area contributed by atoms with E-state index in [-0.39, 0.29) is 24.8 Å². The van der Waals surface area contributed by atoms with Gasteiger partial charge in [0, 0.05) is 126 Å². The van der Waals surface area contributed by atoms with E-state index < -0.39 is 0 Å². The number of carbonyl (C=O) groups excluding carboxylic acids is 1. The summed E-state index contributed by atoms with van der Waals surface area (Å²) in [7, 11) is 0. The molecule has 0 bridgehead atoms. The summed E-state index contributed by atoms with van der Waals surface area (Å²) in [5.74, 6) is 1.49. The Morgan fingerprint density at radius 2 is 0.929 bits per heavy atom. The van der Waals surface area contributed by atoms with Crippen LogP contribution in [0, 0.1) is 20.8 Å². The lowest BCUT2D eigenvalue weighted by Crippen LogP contribution is -2.29. The maximum Gasteiger partial charge on any atom is 0.203 e. The fraction of sp³-hybridized carbons (Fsp3) is 0.333. The number of carbonyl (C=O) groups is 1. The molecule has 85 heavy (non-hydrogen) atoms. The third-order valence-corrected chi connectivity index (χ3v) is 15.7. The summed E-state index contributed by atoms with van der Waals surface area (Å²) in [6, 6.07) is 57.0. The zero-order chi connectivity index (χ0) is 60.9. The Balaban J connectivity index is 0.000000231. The fourth-order valence-corrected chi connectivity index (χ4v) is 10.9. The van der Waals surface area contributed by atoms with Crippen molar-refractivity contribution >= 4 is 40.0 Å². The zero-order valence-electron chi connectivity index (χ0n) is 52.3. The molecule has 9 rings (SSSR count). The first-order valence-corrected chi connectivity index (χ1v) is 30.3. The van der Waals surface area contributed by atoms with Crippen LogP contribution < -0.4 is 29.5 Å². The van der Waals surface area contributed by atoms with E-state index in [1.807, 2.05) is 74.5 Å². The molecule has 10 nitrogen and oxygen atoms in total. The molecule has 0 amide bonds. The topological polar surface area (TPSA) is 107 Å². The maximum atomic E-state index is 11.1. The van der Waals surface area contributed by atoms with E-state index in [0.717, 1.165) is 133 Å². The monoisotopic (exact) mass is 1150 g/mol. The van der Waals surface area contributed by atoms with Gasteiger partial charge in [-0.2, -0.15) is 0 Å². The number of phenols is 3. The Hall–Kier alpha value is -8.50. The van der Waals surface area contributed by atoms with Gasteiger partial charge in [-0.25, -0.2) is 4.58 Å². The molecular formula is C75H96N5O5+. The lowest BCUT2D eigenvalue weighted by Gasteiger charge is -2.26. The zero-order valence-corrected chi connectivity index (χ0v) is 52.3. The molecule has 1 heterocycles. The van der Waals surface area contributed by atoms with Gasteiger partial charge in [-0.1, -0.05) is 74.2 Å². The number of hydrogen-bond donors (Lipinski definition) is 3. The van der Waals surface area contributed by atoms with Crippen molar-refractivity contribution in [2.45, 2.75) is 103 Å². The average Bonchev–Trinajstić information content (AvgIpc) is 2.90. The molecule has 10 heteroatoms. The van der Waals surface area contributed by atoms with Crippen molar-refractivity contribution in [3.8, 4) is 39.7 Å². The van der Waals surface area contributed by atoms with Crippen LogP contribution in [-0.4, -0.2) is 87.1 Å². The Morgan fingerprint density at radius 1 is 0.471 bits per heavy atom. The maximum absolute atomic E-state index is 11.1. The van der Waals surface area contributed by atoms with Crippen LogP contribution in [0.1, 0.15) is 126 Å². The highest BCUT2D eigenvalue weighted by Crippen LogP contribution is 2.43. The first-order chi connectivity index (χ1) is 40.6. The summed E-state index contributed by atoms with van der Waals surface area (Å²) in [4.78, 5) is 19.5. The van der Waals surface area contributed by atoms with E-state index in [1.54, 1.807) is 18.2 Å². The van der Waals surface area contributed by atoms with Gasteiger partial charge in [-0.05, 0) is 203 Å². The molecule has 0 saturated carbocycles. The predicted octanol–water partition coefficient (Wildman–Crippen LogP) is 17.1. The van der Waals surface area contributed by atoms with Crippen molar-refractivity contribution in [2.75, 3.05) is 85.0 Å². The number of fused-ring (bicyclic) bond motifs is 2. The van der Waals surface area contributed by atoms with Crippen molar-refractivity contribution < 1.29 is 24.5 Å². The van der Waals surface area contributed by atoms with Crippen molar-refractivity contribution in [3.63, 3.8) is 0 Å².